The lowest BCUT2D eigenvalue weighted by Crippen LogP contribution is -2.51. The van der Waals surface area contributed by atoms with E-state index in [0.717, 1.165) is 24.7 Å². The number of benzene rings is 1. The lowest BCUT2D eigenvalue weighted by molar-refractivity contribution is 0.152. The van der Waals surface area contributed by atoms with E-state index in [-0.39, 0.29) is 5.54 Å². The summed E-state index contributed by atoms with van der Waals surface area (Å²) in [7, 11) is 0. The van der Waals surface area contributed by atoms with Gasteiger partial charge >= 0.3 is 0 Å². The molecule has 0 saturated carbocycles. The van der Waals surface area contributed by atoms with Crippen LogP contribution in [0.1, 0.15) is 45.6 Å². The molecule has 1 N–H and O–H groups in total. The first-order valence-corrected chi connectivity index (χ1v) is 8.20. The summed E-state index contributed by atoms with van der Waals surface area (Å²) < 4.78 is 0. The molecule has 1 aromatic carbocycles. The quantitative estimate of drug-likeness (QED) is 0.900. The van der Waals surface area contributed by atoms with Crippen molar-refractivity contribution in [3.8, 4) is 0 Å². The van der Waals surface area contributed by atoms with Gasteiger partial charge in [-0.05, 0) is 50.4 Å². The van der Waals surface area contributed by atoms with Crippen molar-refractivity contribution in [2.24, 2.45) is 0 Å². The largest absolute Gasteiger partial charge is 0.310 e. The molecule has 1 unspecified atom stereocenters. The van der Waals surface area contributed by atoms with Crippen LogP contribution in [0.4, 0.5) is 0 Å². The summed E-state index contributed by atoms with van der Waals surface area (Å²) in [6.45, 7) is 10.2. The number of nitrogens with one attached hydrogen (secondary N) is 1. The number of rotatable bonds is 4. The van der Waals surface area contributed by atoms with E-state index in [1.165, 1.54) is 24.8 Å². The van der Waals surface area contributed by atoms with Crippen LogP contribution in [0.25, 0.3) is 0 Å². The fourth-order valence-corrected chi connectivity index (χ4v) is 3.35. The molecule has 1 fully saturated rings. The highest BCUT2D eigenvalue weighted by molar-refractivity contribution is 6.30. The predicted octanol–water partition coefficient (Wildman–Crippen LogP) is 4.08. The van der Waals surface area contributed by atoms with Crippen molar-refractivity contribution in [1.82, 2.24) is 10.2 Å². The Kier molecular flexibility index (Phi) is 5.48. The summed E-state index contributed by atoms with van der Waals surface area (Å²) in [6.07, 6.45) is 3.58. The van der Waals surface area contributed by atoms with Crippen LogP contribution in [0.15, 0.2) is 24.3 Å². The van der Waals surface area contributed by atoms with Crippen molar-refractivity contribution in [1.29, 1.82) is 0 Å². The van der Waals surface area contributed by atoms with E-state index in [4.69, 9.17) is 11.6 Å². The zero-order chi connectivity index (χ0) is 14.6. The average Bonchev–Trinajstić information content (AvgIpc) is 2.59. The smallest absolute Gasteiger partial charge is 0.0409 e. The Bertz CT molecular complexity index is 429. The van der Waals surface area contributed by atoms with Crippen molar-refractivity contribution in [3.05, 3.63) is 34.9 Å². The van der Waals surface area contributed by atoms with E-state index < -0.39 is 0 Å². The van der Waals surface area contributed by atoms with Gasteiger partial charge in [0.2, 0.25) is 0 Å². The molecule has 2 nitrogen and oxygen atoms in total. The third-order valence-electron chi connectivity index (χ3n) is 4.82. The van der Waals surface area contributed by atoms with E-state index in [9.17, 15) is 0 Å². The molecular formula is C17H27ClN2. The minimum atomic E-state index is 0.267. The second-order valence-corrected chi connectivity index (χ2v) is 6.52. The second-order valence-electron chi connectivity index (χ2n) is 6.09. The first kappa shape index (κ1) is 15.8. The van der Waals surface area contributed by atoms with Gasteiger partial charge in [-0.1, -0.05) is 37.6 Å². The molecular weight excluding hydrogens is 268 g/mol. The normalized spacial score (nSPS) is 23.5. The van der Waals surface area contributed by atoms with Gasteiger partial charge in [0.05, 0.1) is 0 Å². The molecule has 1 atom stereocenters. The highest BCUT2D eigenvalue weighted by atomic mass is 35.5. The van der Waals surface area contributed by atoms with Crippen molar-refractivity contribution >= 4 is 11.6 Å². The Labute approximate surface area is 128 Å². The van der Waals surface area contributed by atoms with Crippen LogP contribution >= 0.6 is 11.6 Å². The van der Waals surface area contributed by atoms with Crippen LogP contribution in [-0.2, 0) is 6.54 Å². The van der Waals surface area contributed by atoms with Gasteiger partial charge in [-0.3, -0.25) is 4.90 Å². The first-order valence-electron chi connectivity index (χ1n) is 7.82. The molecule has 1 saturated heterocycles. The van der Waals surface area contributed by atoms with Gasteiger partial charge in [-0.25, -0.2) is 0 Å². The fraction of sp³-hybridized carbons (Fsp3) is 0.647. The Morgan fingerprint density at radius 3 is 2.75 bits per heavy atom. The maximum absolute atomic E-state index is 6.11. The predicted molar refractivity (Wildman–Crippen MR) is 87.3 cm³/mol. The van der Waals surface area contributed by atoms with Crippen LogP contribution < -0.4 is 5.32 Å². The Balaban J connectivity index is 2.14. The van der Waals surface area contributed by atoms with Gasteiger partial charge in [0, 0.05) is 29.7 Å². The molecule has 112 valence electrons. The maximum Gasteiger partial charge on any atom is 0.0409 e. The fourth-order valence-electron chi connectivity index (χ4n) is 3.13. The summed E-state index contributed by atoms with van der Waals surface area (Å²) in [5.74, 6) is 0. The zero-order valence-electron chi connectivity index (χ0n) is 13.0. The van der Waals surface area contributed by atoms with Crippen molar-refractivity contribution < 1.29 is 0 Å². The van der Waals surface area contributed by atoms with E-state index in [1.54, 1.807) is 0 Å². The molecule has 0 spiro atoms. The molecule has 1 aliphatic rings. The molecule has 1 aromatic rings. The minimum Gasteiger partial charge on any atom is -0.310 e. The molecule has 0 aliphatic carbocycles. The Morgan fingerprint density at radius 2 is 2.10 bits per heavy atom. The van der Waals surface area contributed by atoms with Crippen LogP contribution in [-0.4, -0.2) is 29.6 Å². The van der Waals surface area contributed by atoms with Gasteiger partial charge in [0.25, 0.3) is 0 Å². The first-order chi connectivity index (χ1) is 9.58. The number of halogens is 1. The summed E-state index contributed by atoms with van der Waals surface area (Å²) in [5, 5.41) is 4.62. The van der Waals surface area contributed by atoms with Gasteiger partial charge in [-0.15, -0.1) is 0 Å². The molecule has 0 radical (unpaired) electrons. The van der Waals surface area contributed by atoms with Crippen LogP contribution in [0, 0.1) is 0 Å². The van der Waals surface area contributed by atoms with Gasteiger partial charge in [-0.2, -0.15) is 0 Å². The van der Waals surface area contributed by atoms with Crippen LogP contribution in [0.2, 0.25) is 5.02 Å². The van der Waals surface area contributed by atoms with E-state index >= 15 is 0 Å². The highest BCUT2D eigenvalue weighted by Gasteiger charge is 2.32. The lowest BCUT2D eigenvalue weighted by Gasteiger charge is -2.37. The van der Waals surface area contributed by atoms with E-state index in [1.807, 2.05) is 12.1 Å². The number of hydrogen-bond donors (Lipinski definition) is 1. The summed E-state index contributed by atoms with van der Waals surface area (Å²) >= 11 is 6.11. The molecule has 20 heavy (non-hydrogen) atoms. The molecule has 1 heterocycles. The maximum atomic E-state index is 6.11. The van der Waals surface area contributed by atoms with Crippen molar-refractivity contribution in [2.45, 2.75) is 58.2 Å². The minimum absolute atomic E-state index is 0.267. The van der Waals surface area contributed by atoms with Crippen molar-refractivity contribution in [2.75, 3.05) is 13.1 Å². The van der Waals surface area contributed by atoms with Gasteiger partial charge in [0.1, 0.15) is 0 Å². The zero-order valence-corrected chi connectivity index (χ0v) is 13.7. The second kappa shape index (κ2) is 6.93. The molecule has 3 heteroatoms. The Morgan fingerprint density at radius 1 is 1.35 bits per heavy atom. The number of nitrogens with zero attached hydrogens (tertiary/aromatic N) is 1. The lowest BCUT2D eigenvalue weighted by atomic mass is 9.92. The average molecular weight is 295 g/mol. The molecule has 0 amide bonds. The van der Waals surface area contributed by atoms with Crippen LogP contribution in [0.5, 0.6) is 0 Å². The molecule has 2 rings (SSSR count). The standard InChI is InChI=1S/C17H27ClN2/c1-4-17(5-2)13-20(14(3)9-10-19-17)12-15-7-6-8-16(18)11-15/h6-8,11,14,19H,4-5,9-10,12-13H2,1-3H3. The number of hydrogen-bond acceptors (Lipinski definition) is 2. The van der Waals surface area contributed by atoms with E-state index in [2.05, 4.69) is 43.1 Å². The highest BCUT2D eigenvalue weighted by Crippen LogP contribution is 2.24. The molecule has 0 bridgehead atoms. The summed E-state index contributed by atoms with van der Waals surface area (Å²) in [4.78, 5) is 2.61. The van der Waals surface area contributed by atoms with Gasteiger partial charge < -0.3 is 5.32 Å². The summed E-state index contributed by atoms with van der Waals surface area (Å²) in [5.41, 5.74) is 1.58. The van der Waals surface area contributed by atoms with Crippen LogP contribution in [0.3, 0.4) is 0 Å². The Hall–Kier alpha value is -0.570. The third-order valence-corrected chi connectivity index (χ3v) is 5.05. The van der Waals surface area contributed by atoms with E-state index in [0.29, 0.717) is 6.04 Å². The van der Waals surface area contributed by atoms with Crippen molar-refractivity contribution in [3.63, 3.8) is 0 Å². The molecule has 1 aliphatic heterocycles. The SMILES string of the molecule is CCC1(CC)CN(Cc2cccc(Cl)c2)C(C)CCN1. The third kappa shape index (κ3) is 3.75. The van der Waals surface area contributed by atoms with Gasteiger partial charge in [0.15, 0.2) is 0 Å². The summed E-state index contributed by atoms with van der Waals surface area (Å²) in [6, 6.07) is 8.87. The topological polar surface area (TPSA) is 15.3 Å². The monoisotopic (exact) mass is 294 g/mol. The molecule has 0 aromatic heterocycles.